The second-order valence-corrected chi connectivity index (χ2v) is 8.16. The van der Waals surface area contributed by atoms with Gasteiger partial charge in [0, 0.05) is 24.8 Å². The number of hydrogen-bond donors (Lipinski definition) is 2. The molecule has 0 saturated carbocycles. The maximum atomic E-state index is 10.8. The van der Waals surface area contributed by atoms with Crippen molar-refractivity contribution in [2.24, 2.45) is 0 Å². The highest BCUT2D eigenvalue weighted by atomic mass is 35.5. The Hall–Kier alpha value is -1.34. The number of quaternary nitrogens is 1. The highest BCUT2D eigenvalue weighted by Gasteiger charge is 2.34. The van der Waals surface area contributed by atoms with E-state index < -0.39 is 0 Å². The fourth-order valence-electron chi connectivity index (χ4n) is 3.51. The van der Waals surface area contributed by atoms with Gasteiger partial charge in [0.2, 0.25) is 10.8 Å². The normalized spacial score (nSPS) is 16.8. The summed E-state index contributed by atoms with van der Waals surface area (Å²) in [5, 5.41) is 16.3. The largest absolute Gasteiger partial charge is 0.492 e. The molecule has 1 atom stereocenters. The molecule has 0 aliphatic carbocycles. The van der Waals surface area contributed by atoms with Gasteiger partial charge in [0.05, 0.1) is 23.1 Å². The molecule has 0 unspecified atom stereocenters. The summed E-state index contributed by atoms with van der Waals surface area (Å²) >= 11 is 13.9. The number of aromatic nitrogens is 3. The molecule has 4 rings (SSSR count). The van der Waals surface area contributed by atoms with E-state index >= 15 is 0 Å². The van der Waals surface area contributed by atoms with Crippen LogP contribution in [0.5, 0.6) is 5.88 Å². The van der Waals surface area contributed by atoms with Crippen molar-refractivity contribution in [3.05, 3.63) is 44.5 Å². The van der Waals surface area contributed by atoms with Crippen LogP contribution < -0.4 is 4.90 Å². The van der Waals surface area contributed by atoms with Gasteiger partial charge in [-0.2, -0.15) is 4.52 Å². The van der Waals surface area contributed by atoms with Gasteiger partial charge in [-0.25, -0.2) is 4.98 Å². The Morgan fingerprint density at radius 1 is 1.28 bits per heavy atom. The molecule has 0 radical (unpaired) electrons. The number of benzene rings is 1. The number of hydrogen-bond acceptors (Lipinski definition) is 4. The van der Waals surface area contributed by atoms with E-state index in [1.54, 1.807) is 4.52 Å². The molecule has 132 valence electrons. The first-order chi connectivity index (χ1) is 12.1. The van der Waals surface area contributed by atoms with Crippen molar-refractivity contribution in [2.75, 3.05) is 13.1 Å². The maximum absolute atomic E-state index is 10.8. The molecule has 1 aliphatic heterocycles. The highest BCUT2D eigenvalue weighted by Crippen LogP contribution is 2.36. The third-order valence-corrected chi connectivity index (χ3v) is 6.58. The second kappa shape index (κ2) is 6.76. The number of likely N-dealkylation sites (tertiary alicyclic amines) is 1. The average molecular weight is 398 g/mol. The third-order valence-electron chi connectivity index (χ3n) is 4.75. The summed E-state index contributed by atoms with van der Waals surface area (Å²) in [5.74, 6) is 0.926. The van der Waals surface area contributed by atoms with E-state index in [2.05, 4.69) is 10.1 Å². The fraction of sp³-hybridized carbons (Fsp3) is 0.412. The Kier molecular flexibility index (Phi) is 4.62. The summed E-state index contributed by atoms with van der Waals surface area (Å²) in [4.78, 5) is 7.54. The minimum atomic E-state index is 0.0100. The molecular weight excluding hydrogens is 379 g/mol. The lowest BCUT2D eigenvalue weighted by Gasteiger charge is -2.24. The van der Waals surface area contributed by atoms with E-state index in [0.717, 1.165) is 40.7 Å². The van der Waals surface area contributed by atoms with E-state index in [1.807, 2.05) is 25.1 Å². The highest BCUT2D eigenvalue weighted by molar-refractivity contribution is 7.17. The Bertz CT molecular complexity index is 917. The van der Waals surface area contributed by atoms with Crippen molar-refractivity contribution in [2.45, 2.75) is 32.2 Å². The number of fused-ring (bicyclic) bond motifs is 1. The molecule has 0 bridgehead atoms. The first-order valence-corrected chi connectivity index (χ1v) is 10.0. The minimum Gasteiger partial charge on any atom is -0.492 e. The van der Waals surface area contributed by atoms with E-state index in [1.165, 1.54) is 29.1 Å². The number of halogens is 2. The van der Waals surface area contributed by atoms with Crippen molar-refractivity contribution in [3.8, 4) is 5.88 Å². The average Bonchev–Trinajstić information content (AvgIpc) is 3.31. The monoisotopic (exact) mass is 397 g/mol. The van der Waals surface area contributed by atoms with Gasteiger partial charge in [-0.15, -0.1) is 5.10 Å². The van der Waals surface area contributed by atoms with Crippen LogP contribution in [0.1, 0.15) is 42.1 Å². The van der Waals surface area contributed by atoms with E-state index in [4.69, 9.17) is 23.2 Å². The quantitative estimate of drug-likeness (QED) is 0.710. The molecule has 8 heteroatoms. The summed E-state index contributed by atoms with van der Waals surface area (Å²) in [6.07, 6.45) is 3.13. The third kappa shape index (κ3) is 3.01. The zero-order valence-electron chi connectivity index (χ0n) is 13.8. The van der Waals surface area contributed by atoms with Crippen molar-refractivity contribution in [3.63, 3.8) is 0 Å². The van der Waals surface area contributed by atoms with Crippen LogP contribution in [0.4, 0.5) is 0 Å². The standard InChI is InChI=1S/C17H18Cl2N4OS/c1-2-13-20-17-23(21-13)16(24)15(25-17)14(22-7-3-4-8-22)10-5-6-11(18)12(19)9-10/h5-6,9,14,24H,2-4,7-8H2,1H3/p+1/t14-/m0/s1. The predicted molar refractivity (Wildman–Crippen MR) is 100 cm³/mol. The lowest BCUT2D eigenvalue weighted by atomic mass is 10.0. The zero-order valence-corrected chi connectivity index (χ0v) is 16.1. The van der Waals surface area contributed by atoms with Crippen LogP contribution in [0.25, 0.3) is 4.96 Å². The summed E-state index contributed by atoms with van der Waals surface area (Å²) in [5.41, 5.74) is 1.06. The van der Waals surface area contributed by atoms with Crippen molar-refractivity contribution < 1.29 is 10.0 Å². The van der Waals surface area contributed by atoms with Gasteiger partial charge in [-0.1, -0.05) is 47.5 Å². The Balaban J connectivity index is 1.84. The molecule has 2 aromatic heterocycles. The molecule has 1 aliphatic rings. The van der Waals surface area contributed by atoms with Crippen molar-refractivity contribution >= 4 is 39.5 Å². The Morgan fingerprint density at radius 3 is 2.68 bits per heavy atom. The first kappa shape index (κ1) is 17.1. The topological polar surface area (TPSA) is 54.9 Å². The van der Waals surface area contributed by atoms with E-state index in [9.17, 15) is 5.11 Å². The van der Waals surface area contributed by atoms with Crippen LogP contribution in [0.2, 0.25) is 10.0 Å². The van der Waals surface area contributed by atoms with E-state index in [-0.39, 0.29) is 11.9 Å². The number of aryl methyl sites for hydroxylation is 1. The van der Waals surface area contributed by atoms with Gasteiger partial charge in [-0.05, 0) is 12.1 Å². The van der Waals surface area contributed by atoms with Crippen LogP contribution >= 0.6 is 34.5 Å². The smallest absolute Gasteiger partial charge is 0.235 e. The Morgan fingerprint density at radius 2 is 2.04 bits per heavy atom. The molecule has 1 aromatic carbocycles. The number of rotatable bonds is 4. The molecule has 2 N–H and O–H groups in total. The number of nitrogens with one attached hydrogen (secondary N) is 1. The molecule has 1 saturated heterocycles. The molecule has 25 heavy (non-hydrogen) atoms. The number of nitrogens with zero attached hydrogens (tertiary/aromatic N) is 3. The Labute approximate surface area is 159 Å². The second-order valence-electron chi connectivity index (χ2n) is 6.34. The van der Waals surface area contributed by atoms with Crippen LogP contribution in [0.3, 0.4) is 0 Å². The molecule has 5 nitrogen and oxygen atoms in total. The van der Waals surface area contributed by atoms with Crippen LogP contribution in [-0.4, -0.2) is 32.8 Å². The van der Waals surface area contributed by atoms with Crippen molar-refractivity contribution in [1.82, 2.24) is 14.6 Å². The molecular formula is C17H19Cl2N4OS+. The number of thiazole rings is 1. The summed E-state index contributed by atoms with van der Waals surface area (Å²) < 4.78 is 1.55. The van der Waals surface area contributed by atoms with E-state index in [0.29, 0.717) is 10.0 Å². The van der Waals surface area contributed by atoms with Gasteiger partial charge in [0.15, 0.2) is 11.9 Å². The minimum absolute atomic E-state index is 0.0100. The van der Waals surface area contributed by atoms with Gasteiger partial charge in [0.1, 0.15) is 4.88 Å². The van der Waals surface area contributed by atoms with Gasteiger partial charge >= 0.3 is 0 Å². The molecule has 0 spiro atoms. The van der Waals surface area contributed by atoms with Crippen molar-refractivity contribution in [1.29, 1.82) is 0 Å². The molecule has 1 fully saturated rings. The van der Waals surface area contributed by atoms with Gasteiger partial charge in [-0.3, -0.25) is 0 Å². The predicted octanol–water partition coefficient (Wildman–Crippen LogP) is 3.13. The lowest BCUT2D eigenvalue weighted by molar-refractivity contribution is -0.913. The molecule has 3 aromatic rings. The fourth-order valence-corrected chi connectivity index (χ4v) is 4.98. The lowest BCUT2D eigenvalue weighted by Crippen LogP contribution is -3.10. The molecule has 0 amide bonds. The zero-order chi connectivity index (χ0) is 17.6. The van der Waals surface area contributed by atoms with Crippen LogP contribution in [-0.2, 0) is 6.42 Å². The summed E-state index contributed by atoms with van der Waals surface area (Å²) in [7, 11) is 0. The first-order valence-electron chi connectivity index (χ1n) is 8.45. The summed E-state index contributed by atoms with van der Waals surface area (Å²) in [6.45, 7) is 4.14. The number of aromatic hydroxyl groups is 1. The van der Waals surface area contributed by atoms with Crippen LogP contribution in [0.15, 0.2) is 18.2 Å². The van der Waals surface area contributed by atoms with Gasteiger partial charge in [0.25, 0.3) is 0 Å². The molecule has 3 heterocycles. The summed E-state index contributed by atoms with van der Waals surface area (Å²) in [6, 6.07) is 5.74. The maximum Gasteiger partial charge on any atom is 0.235 e. The van der Waals surface area contributed by atoms with Gasteiger partial charge < -0.3 is 10.0 Å². The van der Waals surface area contributed by atoms with Crippen LogP contribution in [0, 0.1) is 0 Å². The SMILES string of the molecule is CCc1nc2sc([C@H](c3ccc(Cl)c(Cl)c3)[NH+]3CCCC3)c(O)n2n1.